The Morgan fingerprint density at radius 1 is 1.35 bits per heavy atom. The van der Waals surface area contributed by atoms with Gasteiger partial charge in [0, 0.05) is 20.3 Å². The van der Waals surface area contributed by atoms with Crippen molar-refractivity contribution >= 4 is 15.9 Å². The van der Waals surface area contributed by atoms with E-state index in [2.05, 4.69) is 9.82 Å². The molecule has 2 heterocycles. The number of hydrogen-bond donors (Lipinski definition) is 1. The van der Waals surface area contributed by atoms with Crippen molar-refractivity contribution in [2.75, 3.05) is 25.4 Å². The van der Waals surface area contributed by atoms with E-state index in [0.717, 1.165) is 10.1 Å². The minimum Gasteiger partial charge on any atom is -0.486 e. The molecule has 0 amide bonds. The summed E-state index contributed by atoms with van der Waals surface area (Å²) in [6.45, 7) is 0.869. The number of nitrogens with zero attached hydrogens (tertiary/aromatic N) is 3. The van der Waals surface area contributed by atoms with E-state index in [0.29, 0.717) is 24.6 Å². The fourth-order valence-corrected chi connectivity index (χ4v) is 2.70. The van der Waals surface area contributed by atoms with Gasteiger partial charge in [-0.3, -0.25) is 9.40 Å². The molecule has 1 aromatic carbocycles. The highest BCUT2D eigenvalue weighted by Gasteiger charge is 2.21. The number of aromatic nitrogens is 2. The summed E-state index contributed by atoms with van der Waals surface area (Å²) in [4.78, 5) is 0. The highest BCUT2D eigenvalue weighted by molar-refractivity contribution is 7.90. The lowest BCUT2D eigenvalue weighted by Gasteiger charge is -2.26. The van der Waals surface area contributed by atoms with E-state index in [1.807, 2.05) is 24.3 Å². The summed E-state index contributed by atoms with van der Waals surface area (Å²) < 4.78 is 40.2. The first-order valence-electron chi connectivity index (χ1n) is 7.05. The summed E-state index contributed by atoms with van der Waals surface area (Å²) in [5.41, 5.74) is 0.399. The number of ether oxygens (including phenoxy) is 2. The second-order valence-electron chi connectivity index (χ2n) is 5.34. The molecule has 8 nitrogen and oxygen atoms in total. The number of fused-ring (bicyclic) bond motifs is 1. The van der Waals surface area contributed by atoms with Crippen molar-refractivity contribution in [3.63, 3.8) is 0 Å². The van der Waals surface area contributed by atoms with Gasteiger partial charge in [-0.05, 0) is 12.1 Å². The maximum Gasteiger partial charge on any atom is 0.301 e. The molecule has 1 aromatic heterocycles. The van der Waals surface area contributed by atoms with Crippen LogP contribution in [0.3, 0.4) is 0 Å². The van der Waals surface area contributed by atoms with Crippen LogP contribution in [0.1, 0.15) is 0 Å². The molecule has 23 heavy (non-hydrogen) atoms. The number of benzene rings is 1. The fraction of sp³-hybridized carbons (Fsp3) is 0.357. The van der Waals surface area contributed by atoms with Crippen LogP contribution in [0.5, 0.6) is 11.5 Å². The van der Waals surface area contributed by atoms with Crippen molar-refractivity contribution in [2.45, 2.75) is 12.6 Å². The van der Waals surface area contributed by atoms with Gasteiger partial charge in [0.15, 0.2) is 17.6 Å². The van der Waals surface area contributed by atoms with Gasteiger partial charge in [-0.25, -0.2) is 0 Å². The van der Waals surface area contributed by atoms with E-state index < -0.39 is 10.2 Å². The zero-order valence-corrected chi connectivity index (χ0v) is 13.7. The Balaban J connectivity index is 1.64. The van der Waals surface area contributed by atoms with Crippen molar-refractivity contribution in [3.05, 3.63) is 36.7 Å². The molecule has 0 spiro atoms. The second-order valence-corrected chi connectivity index (χ2v) is 7.22. The maximum absolute atomic E-state index is 11.8. The van der Waals surface area contributed by atoms with Crippen LogP contribution in [-0.2, 0) is 16.8 Å². The predicted molar refractivity (Wildman–Crippen MR) is 84.8 cm³/mol. The molecule has 124 valence electrons. The van der Waals surface area contributed by atoms with Crippen LogP contribution in [0.15, 0.2) is 36.7 Å². The Kier molecular flexibility index (Phi) is 4.14. The van der Waals surface area contributed by atoms with E-state index in [1.54, 1.807) is 10.9 Å². The maximum atomic E-state index is 11.8. The van der Waals surface area contributed by atoms with Gasteiger partial charge in [0.25, 0.3) is 0 Å². The van der Waals surface area contributed by atoms with E-state index in [-0.39, 0.29) is 6.10 Å². The molecule has 1 unspecified atom stereocenters. The molecule has 1 aliphatic heterocycles. The van der Waals surface area contributed by atoms with Crippen LogP contribution in [0.2, 0.25) is 0 Å². The minimum atomic E-state index is -3.54. The highest BCUT2D eigenvalue weighted by atomic mass is 32.2. The first-order valence-corrected chi connectivity index (χ1v) is 8.49. The van der Waals surface area contributed by atoms with Gasteiger partial charge < -0.3 is 9.47 Å². The minimum absolute atomic E-state index is 0.192. The monoisotopic (exact) mass is 338 g/mol. The molecule has 1 aliphatic rings. The van der Waals surface area contributed by atoms with E-state index in [9.17, 15) is 8.42 Å². The third kappa shape index (κ3) is 3.57. The average Bonchev–Trinajstić information content (AvgIpc) is 2.93. The van der Waals surface area contributed by atoms with Crippen molar-refractivity contribution in [1.29, 1.82) is 0 Å². The van der Waals surface area contributed by atoms with Crippen molar-refractivity contribution < 1.29 is 17.9 Å². The third-order valence-electron chi connectivity index (χ3n) is 3.32. The lowest BCUT2D eigenvalue weighted by Crippen LogP contribution is -2.33. The Morgan fingerprint density at radius 2 is 2.09 bits per heavy atom. The summed E-state index contributed by atoms with van der Waals surface area (Å²) in [5, 5.41) is 4.15. The van der Waals surface area contributed by atoms with Crippen LogP contribution in [-0.4, -0.2) is 49.3 Å². The van der Waals surface area contributed by atoms with Crippen LogP contribution in [0.4, 0.5) is 5.69 Å². The highest BCUT2D eigenvalue weighted by Crippen LogP contribution is 2.31. The fourth-order valence-electron chi connectivity index (χ4n) is 2.12. The molecule has 0 bridgehead atoms. The number of rotatable bonds is 5. The summed E-state index contributed by atoms with van der Waals surface area (Å²) in [6.07, 6.45) is 2.88. The van der Waals surface area contributed by atoms with Gasteiger partial charge in [0.05, 0.1) is 18.4 Å². The van der Waals surface area contributed by atoms with Crippen LogP contribution < -0.4 is 14.2 Å². The van der Waals surface area contributed by atoms with Crippen LogP contribution in [0.25, 0.3) is 0 Å². The van der Waals surface area contributed by atoms with Crippen molar-refractivity contribution in [2.24, 2.45) is 0 Å². The molecule has 2 aromatic rings. The Morgan fingerprint density at radius 3 is 2.83 bits per heavy atom. The quantitative estimate of drug-likeness (QED) is 0.877. The zero-order chi connectivity index (χ0) is 16.4. The van der Waals surface area contributed by atoms with Crippen LogP contribution in [0, 0.1) is 0 Å². The van der Waals surface area contributed by atoms with Gasteiger partial charge in [0.2, 0.25) is 0 Å². The average molecular weight is 338 g/mol. The second kappa shape index (κ2) is 6.09. The molecule has 0 saturated carbocycles. The predicted octanol–water partition coefficient (Wildman–Crippen LogP) is 0.941. The van der Waals surface area contributed by atoms with E-state index >= 15 is 0 Å². The SMILES string of the molecule is CN(C)S(=O)(=O)Nc1cnn(CC2COc3ccccc3O2)c1. The zero-order valence-electron chi connectivity index (χ0n) is 12.8. The number of nitrogens with one attached hydrogen (secondary N) is 1. The summed E-state index contributed by atoms with van der Waals surface area (Å²) in [6, 6.07) is 7.47. The normalized spacial score (nSPS) is 17.3. The Bertz CT molecular complexity index is 788. The molecule has 1 atom stereocenters. The molecule has 1 N–H and O–H groups in total. The molecule has 9 heteroatoms. The largest absolute Gasteiger partial charge is 0.486 e. The van der Waals surface area contributed by atoms with Gasteiger partial charge in [-0.2, -0.15) is 17.8 Å². The van der Waals surface area contributed by atoms with E-state index in [1.165, 1.54) is 20.3 Å². The molecular formula is C14H18N4O4S. The standard InChI is InChI=1S/C14H18N4O4S/c1-17(2)23(19,20)16-11-7-15-18(8-11)9-12-10-21-13-5-3-4-6-14(13)22-12/h3-8,12,16H,9-10H2,1-2H3. The Hall–Kier alpha value is -2.26. The smallest absolute Gasteiger partial charge is 0.301 e. The lowest BCUT2D eigenvalue weighted by atomic mass is 10.2. The molecule has 0 aliphatic carbocycles. The summed E-state index contributed by atoms with van der Waals surface area (Å²) in [5.74, 6) is 1.42. The molecule has 0 saturated heterocycles. The van der Waals surface area contributed by atoms with Gasteiger partial charge in [-0.15, -0.1) is 0 Å². The first kappa shape index (κ1) is 15.6. The third-order valence-corrected chi connectivity index (χ3v) is 4.77. The number of para-hydroxylation sites is 2. The van der Waals surface area contributed by atoms with Gasteiger partial charge >= 0.3 is 10.2 Å². The molecule has 0 radical (unpaired) electrons. The lowest BCUT2D eigenvalue weighted by molar-refractivity contribution is 0.0759. The van der Waals surface area contributed by atoms with Crippen LogP contribution >= 0.6 is 0 Å². The van der Waals surface area contributed by atoms with Gasteiger partial charge in [-0.1, -0.05) is 12.1 Å². The Labute approximate surface area is 134 Å². The molecule has 3 rings (SSSR count). The van der Waals surface area contributed by atoms with E-state index in [4.69, 9.17) is 9.47 Å². The molecular weight excluding hydrogens is 320 g/mol. The topological polar surface area (TPSA) is 85.7 Å². The number of hydrogen-bond acceptors (Lipinski definition) is 5. The summed E-state index contributed by atoms with van der Waals surface area (Å²) in [7, 11) is -0.625. The van der Waals surface area contributed by atoms with Crippen molar-refractivity contribution in [1.82, 2.24) is 14.1 Å². The van der Waals surface area contributed by atoms with Gasteiger partial charge in [0.1, 0.15) is 6.61 Å². The van der Waals surface area contributed by atoms with Crippen molar-refractivity contribution in [3.8, 4) is 11.5 Å². The first-order chi connectivity index (χ1) is 10.9. The summed E-state index contributed by atoms with van der Waals surface area (Å²) >= 11 is 0. The molecule has 0 fully saturated rings. The number of anilines is 1.